The minimum Gasteiger partial charge on any atom is -0.478 e. The van der Waals surface area contributed by atoms with Crippen molar-refractivity contribution in [2.24, 2.45) is 0 Å². The Morgan fingerprint density at radius 2 is 1.66 bits per heavy atom. The second-order valence-electron chi connectivity index (χ2n) is 7.18. The van der Waals surface area contributed by atoms with Gasteiger partial charge in [-0.05, 0) is 30.7 Å². The van der Waals surface area contributed by atoms with Gasteiger partial charge in [0, 0.05) is 15.5 Å². The normalized spacial score (nSPS) is 10.5. The minimum atomic E-state index is -1.17. The second kappa shape index (κ2) is 11.6. The summed E-state index contributed by atoms with van der Waals surface area (Å²) in [6.45, 7) is 0.797. The molecule has 0 bridgehead atoms. The summed E-state index contributed by atoms with van der Waals surface area (Å²) >= 11 is 7.03. The maximum Gasteiger partial charge on any atom is 0.340 e. The van der Waals surface area contributed by atoms with Gasteiger partial charge in [-0.25, -0.2) is 9.59 Å². The smallest absolute Gasteiger partial charge is 0.340 e. The Hall–Kier alpha value is -3.73. The Morgan fingerprint density at radius 1 is 1.00 bits per heavy atom. The number of halogens is 1. The average Bonchev–Trinajstić information content (AvgIpc) is 3.15. The van der Waals surface area contributed by atoms with Crippen LogP contribution in [-0.4, -0.2) is 49.2 Å². The number of carbonyl (C=O) groups excluding carboxylic acids is 3. The van der Waals surface area contributed by atoms with E-state index in [9.17, 15) is 24.3 Å². The predicted molar refractivity (Wildman–Crippen MR) is 132 cm³/mol. The number of methoxy groups -OCH3 is 1. The molecule has 3 rings (SSSR count). The first-order chi connectivity index (χ1) is 16.7. The highest BCUT2D eigenvalue weighted by molar-refractivity contribution is 7.17. The highest BCUT2D eigenvalue weighted by atomic mass is 35.5. The summed E-state index contributed by atoms with van der Waals surface area (Å²) in [5.74, 6) is -3.09. The number of hydrogen-bond acceptors (Lipinski definition) is 7. The molecule has 3 N–H and O–H groups in total. The predicted octanol–water partition coefficient (Wildman–Crippen LogP) is 4.46. The Kier molecular flexibility index (Phi) is 8.58. The molecule has 1 heterocycles. The van der Waals surface area contributed by atoms with Crippen LogP contribution in [0, 0.1) is 6.92 Å². The Bertz CT molecular complexity index is 1270. The third kappa shape index (κ3) is 6.44. The molecule has 0 unspecified atom stereocenters. The number of anilines is 2. The molecule has 1 aromatic heterocycles. The van der Waals surface area contributed by atoms with Crippen molar-refractivity contribution in [3.05, 3.63) is 69.6 Å². The fraction of sp³-hybridized carbons (Fsp3) is 0.167. The number of esters is 1. The summed E-state index contributed by atoms with van der Waals surface area (Å²) in [4.78, 5) is 49.1. The molecule has 0 spiro atoms. The van der Waals surface area contributed by atoms with E-state index < -0.39 is 37.0 Å². The number of benzene rings is 2. The van der Waals surface area contributed by atoms with Crippen LogP contribution in [0.5, 0.6) is 0 Å². The standard InChI is InChI=1S/C24H21ClN2O7S/c1-13-20(14-6-4-3-5-7-14)21(23(30)31)22(35-13)27-19(29)12-34-11-18(28)26-17-9-8-15(25)10-16(17)24(32)33-2/h3-10H,11-12H2,1-2H3,(H,26,28)(H,27,29)(H,30,31). The highest BCUT2D eigenvalue weighted by Gasteiger charge is 2.24. The summed E-state index contributed by atoms with van der Waals surface area (Å²) in [7, 11) is 1.20. The van der Waals surface area contributed by atoms with E-state index in [2.05, 4.69) is 15.4 Å². The molecule has 11 heteroatoms. The van der Waals surface area contributed by atoms with E-state index >= 15 is 0 Å². The molecule has 0 aliphatic rings. The van der Waals surface area contributed by atoms with Gasteiger partial charge in [-0.1, -0.05) is 41.9 Å². The minimum absolute atomic E-state index is 0.0112. The number of amides is 2. The molecule has 0 fully saturated rings. The fourth-order valence-electron chi connectivity index (χ4n) is 3.28. The van der Waals surface area contributed by atoms with Crippen LogP contribution in [0.2, 0.25) is 5.02 Å². The molecular formula is C24H21ClN2O7S. The van der Waals surface area contributed by atoms with E-state index in [1.807, 2.05) is 6.07 Å². The van der Waals surface area contributed by atoms with Crippen LogP contribution < -0.4 is 10.6 Å². The molecule has 0 aliphatic heterocycles. The SMILES string of the molecule is COC(=O)c1cc(Cl)ccc1NC(=O)COCC(=O)Nc1sc(C)c(-c2ccccc2)c1C(=O)O. The van der Waals surface area contributed by atoms with E-state index in [1.54, 1.807) is 31.2 Å². The van der Waals surface area contributed by atoms with Crippen LogP contribution in [0.4, 0.5) is 10.7 Å². The van der Waals surface area contributed by atoms with Crippen LogP contribution in [0.15, 0.2) is 48.5 Å². The van der Waals surface area contributed by atoms with Crippen LogP contribution in [0.1, 0.15) is 25.6 Å². The topological polar surface area (TPSA) is 131 Å². The zero-order chi connectivity index (χ0) is 25.5. The summed E-state index contributed by atoms with van der Waals surface area (Å²) in [6, 6.07) is 13.3. The van der Waals surface area contributed by atoms with E-state index in [1.165, 1.54) is 25.3 Å². The summed E-state index contributed by atoms with van der Waals surface area (Å²) < 4.78 is 9.84. The van der Waals surface area contributed by atoms with Gasteiger partial charge in [0.2, 0.25) is 5.91 Å². The Morgan fingerprint density at radius 3 is 2.29 bits per heavy atom. The molecule has 35 heavy (non-hydrogen) atoms. The van der Waals surface area contributed by atoms with E-state index in [-0.39, 0.29) is 26.8 Å². The van der Waals surface area contributed by atoms with E-state index in [0.717, 1.165) is 21.8 Å². The van der Waals surface area contributed by atoms with Gasteiger partial charge in [0.25, 0.3) is 5.91 Å². The molecular weight excluding hydrogens is 496 g/mol. The molecule has 9 nitrogen and oxygen atoms in total. The van der Waals surface area contributed by atoms with Gasteiger partial charge in [0.05, 0.1) is 18.4 Å². The van der Waals surface area contributed by atoms with Gasteiger partial charge < -0.3 is 25.2 Å². The molecule has 2 aromatic carbocycles. The molecule has 3 aromatic rings. The van der Waals surface area contributed by atoms with Crippen molar-refractivity contribution in [1.82, 2.24) is 0 Å². The lowest BCUT2D eigenvalue weighted by atomic mass is 10.0. The number of rotatable bonds is 9. The maximum atomic E-state index is 12.4. The first-order valence-electron chi connectivity index (χ1n) is 10.2. The fourth-order valence-corrected chi connectivity index (χ4v) is 4.54. The summed E-state index contributed by atoms with van der Waals surface area (Å²) in [5, 5.41) is 15.3. The number of aromatic carboxylic acids is 1. The van der Waals surface area contributed by atoms with Gasteiger partial charge in [-0.3, -0.25) is 9.59 Å². The number of nitrogens with one attached hydrogen (secondary N) is 2. The lowest BCUT2D eigenvalue weighted by molar-refractivity contribution is -0.125. The maximum absolute atomic E-state index is 12.4. The molecule has 182 valence electrons. The first kappa shape index (κ1) is 25.9. The van der Waals surface area contributed by atoms with Crippen LogP contribution >= 0.6 is 22.9 Å². The largest absolute Gasteiger partial charge is 0.478 e. The van der Waals surface area contributed by atoms with Crippen LogP contribution in [0.25, 0.3) is 11.1 Å². The van der Waals surface area contributed by atoms with Gasteiger partial charge in [-0.15, -0.1) is 11.3 Å². The third-order valence-corrected chi connectivity index (χ3v) is 6.00. The highest BCUT2D eigenvalue weighted by Crippen LogP contribution is 2.39. The molecule has 0 atom stereocenters. The average molecular weight is 517 g/mol. The lowest BCUT2D eigenvalue weighted by Gasteiger charge is -2.11. The molecule has 0 aliphatic carbocycles. The van der Waals surface area contributed by atoms with Crippen molar-refractivity contribution in [1.29, 1.82) is 0 Å². The zero-order valence-electron chi connectivity index (χ0n) is 18.7. The van der Waals surface area contributed by atoms with Crippen molar-refractivity contribution >= 4 is 57.4 Å². The number of thiophene rings is 1. The van der Waals surface area contributed by atoms with Gasteiger partial charge in [-0.2, -0.15) is 0 Å². The first-order valence-corrected chi connectivity index (χ1v) is 11.4. The summed E-state index contributed by atoms with van der Waals surface area (Å²) in [5.41, 5.74) is 1.48. The van der Waals surface area contributed by atoms with E-state index in [0.29, 0.717) is 5.56 Å². The Balaban J connectivity index is 1.61. The molecule has 0 saturated heterocycles. The number of carbonyl (C=O) groups is 4. The van der Waals surface area contributed by atoms with Crippen molar-refractivity contribution in [2.75, 3.05) is 31.0 Å². The third-order valence-electron chi connectivity index (χ3n) is 4.74. The quantitative estimate of drug-likeness (QED) is 0.358. The Labute approximate surface area is 209 Å². The van der Waals surface area contributed by atoms with E-state index in [4.69, 9.17) is 16.3 Å². The number of carboxylic acids is 1. The molecule has 0 saturated carbocycles. The van der Waals surface area contributed by atoms with Crippen LogP contribution in [0.3, 0.4) is 0 Å². The molecule has 0 radical (unpaired) electrons. The van der Waals surface area contributed by atoms with Gasteiger partial charge in [0.15, 0.2) is 0 Å². The van der Waals surface area contributed by atoms with Crippen LogP contribution in [-0.2, 0) is 19.1 Å². The number of aryl methyl sites for hydroxylation is 1. The van der Waals surface area contributed by atoms with Crippen molar-refractivity contribution in [3.8, 4) is 11.1 Å². The van der Waals surface area contributed by atoms with Crippen molar-refractivity contribution < 1.29 is 33.8 Å². The van der Waals surface area contributed by atoms with Gasteiger partial charge >= 0.3 is 11.9 Å². The second-order valence-corrected chi connectivity index (χ2v) is 8.84. The molecule has 2 amide bonds. The number of carboxylic acid groups (broad SMARTS) is 1. The zero-order valence-corrected chi connectivity index (χ0v) is 20.3. The number of hydrogen-bond donors (Lipinski definition) is 3. The summed E-state index contributed by atoms with van der Waals surface area (Å²) in [6.07, 6.45) is 0. The number of ether oxygens (including phenoxy) is 2. The van der Waals surface area contributed by atoms with Gasteiger partial charge in [0.1, 0.15) is 23.8 Å². The lowest BCUT2D eigenvalue weighted by Crippen LogP contribution is -2.24. The monoisotopic (exact) mass is 516 g/mol. The van der Waals surface area contributed by atoms with Crippen molar-refractivity contribution in [2.45, 2.75) is 6.92 Å². The van der Waals surface area contributed by atoms with Crippen molar-refractivity contribution in [3.63, 3.8) is 0 Å².